The molecule has 2 N–H and O–H groups in total. The summed E-state index contributed by atoms with van der Waals surface area (Å²) in [6.07, 6.45) is 1.73. The Kier molecular flexibility index (Phi) is 3.79. The molecule has 0 fully saturated rings. The minimum Gasteiger partial charge on any atom is -0.493 e. The summed E-state index contributed by atoms with van der Waals surface area (Å²) in [6.45, 7) is 1.80. The molecule has 1 aromatic heterocycles. The van der Waals surface area contributed by atoms with E-state index in [-0.39, 0.29) is 5.88 Å². The number of aromatic nitrogens is 2. The third-order valence-corrected chi connectivity index (χ3v) is 2.56. The van der Waals surface area contributed by atoms with Crippen LogP contribution in [0.15, 0.2) is 24.5 Å². The zero-order valence-electron chi connectivity index (χ0n) is 10.7. The SMILES string of the molecule is CCc1ncnc(Oc2ccc(N)cc2OC)c1F. The maximum Gasteiger partial charge on any atom is 0.259 e. The van der Waals surface area contributed by atoms with Crippen LogP contribution in [0.2, 0.25) is 0 Å². The Hall–Kier alpha value is -2.37. The van der Waals surface area contributed by atoms with Crippen molar-refractivity contribution in [3.63, 3.8) is 0 Å². The van der Waals surface area contributed by atoms with Crippen LogP contribution < -0.4 is 15.2 Å². The van der Waals surface area contributed by atoms with Gasteiger partial charge in [-0.3, -0.25) is 0 Å². The number of hydrogen-bond donors (Lipinski definition) is 1. The molecule has 0 unspecified atom stereocenters. The van der Waals surface area contributed by atoms with Crippen LogP contribution in [0.3, 0.4) is 0 Å². The fourth-order valence-corrected chi connectivity index (χ4v) is 1.58. The molecule has 1 heterocycles. The molecule has 0 radical (unpaired) electrons. The molecule has 2 rings (SSSR count). The number of nitrogens with two attached hydrogens (primary N) is 1. The molecule has 0 atom stereocenters. The lowest BCUT2D eigenvalue weighted by molar-refractivity contribution is 0.362. The lowest BCUT2D eigenvalue weighted by atomic mass is 10.3. The molecule has 2 aromatic rings. The van der Waals surface area contributed by atoms with E-state index >= 15 is 0 Å². The molecule has 6 heteroatoms. The summed E-state index contributed by atoms with van der Waals surface area (Å²) in [4.78, 5) is 7.62. The van der Waals surface area contributed by atoms with Gasteiger partial charge >= 0.3 is 0 Å². The molecule has 0 amide bonds. The van der Waals surface area contributed by atoms with Crippen molar-refractivity contribution < 1.29 is 13.9 Å². The number of aryl methyl sites for hydroxylation is 1. The number of methoxy groups -OCH3 is 1. The van der Waals surface area contributed by atoms with Crippen LogP contribution in [0.5, 0.6) is 17.4 Å². The van der Waals surface area contributed by atoms with Gasteiger partial charge in [0.2, 0.25) is 5.82 Å². The van der Waals surface area contributed by atoms with Crippen molar-refractivity contribution in [2.24, 2.45) is 0 Å². The number of rotatable bonds is 4. The van der Waals surface area contributed by atoms with Crippen LogP contribution in [-0.4, -0.2) is 17.1 Å². The first-order valence-electron chi connectivity index (χ1n) is 5.76. The molecule has 1 aromatic carbocycles. The Bertz CT molecular complexity index is 590. The normalized spacial score (nSPS) is 10.3. The van der Waals surface area contributed by atoms with Gasteiger partial charge in [0.25, 0.3) is 5.88 Å². The maximum atomic E-state index is 14.0. The van der Waals surface area contributed by atoms with E-state index in [4.69, 9.17) is 15.2 Å². The van der Waals surface area contributed by atoms with Crippen LogP contribution in [0.1, 0.15) is 12.6 Å². The second kappa shape index (κ2) is 5.51. The monoisotopic (exact) mass is 263 g/mol. The largest absolute Gasteiger partial charge is 0.493 e. The van der Waals surface area contributed by atoms with E-state index in [2.05, 4.69) is 9.97 Å². The summed E-state index contributed by atoms with van der Waals surface area (Å²) in [5.41, 5.74) is 6.47. The van der Waals surface area contributed by atoms with Gasteiger partial charge in [0, 0.05) is 11.8 Å². The van der Waals surface area contributed by atoms with E-state index < -0.39 is 5.82 Å². The van der Waals surface area contributed by atoms with Crippen molar-refractivity contribution >= 4 is 5.69 Å². The second-order valence-corrected chi connectivity index (χ2v) is 3.81. The smallest absolute Gasteiger partial charge is 0.259 e. The van der Waals surface area contributed by atoms with E-state index in [0.29, 0.717) is 29.3 Å². The van der Waals surface area contributed by atoms with Gasteiger partial charge in [0.1, 0.15) is 6.33 Å². The van der Waals surface area contributed by atoms with Crippen LogP contribution in [-0.2, 0) is 6.42 Å². The van der Waals surface area contributed by atoms with Crippen molar-refractivity contribution in [1.82, 2.24) is 9.97 Å². The predicted molar refractivity (Wildman–Crippen MR) is 68.8 cm³/mol. The zero-order chi connectivity index (χ0) is 13.8. The number of benzene rings is 1. The fraction of sp³-hybridized carbons (Fsp3) is 0.231. The highest BCUT2D eigenvalue weighted by Gasteiger charge is 2.14. The number of halogens is 1. The fourth-order valence-electron chi connectivity index (χ4n) is 1.58. The molecule has 100 valence electrons. The molecule has 0 saturated heterocycles. The highest BCUT2D eigenvalue weighted by Crippen LogP contribution is 2.33. The van der Waals surface area contributed by atoms with E-state index in [1.807, 2.05) is 0 Å². The van der Waals surface area contributed by atoms with E-state index in [0.717, 1.165) is 0 Å². The van der Waals surface area contributed by atoms with Crippen molar-refractivity contribution in [1.29, 1.82) is 0 Å². The highest BCUT2D eigenvalue weighted by molar-refractivity contribution is 5.52. The molecule has 0 aliphatic heterocycles. The molecule has 19 heavy (non-hydrogen) atoms. The van der Waals surface area contributed by atoms with Crippen molar-refractivity contribution in [3.05, 3.63) is 36.0 Å². The van der Waals surface area contributed by atoms with Gasteiger partial charge in [-0.05, 0) is 18.6 Å². The Morgan fingerprint density at radius 1 is 1.26 bits per heavy atom. The Balaban J connectivity index is 2.36. The highest BCUT2D eigenvalue weighted by atomic mass is 19.1. The Morgan fingerprint density at radius 2 is 2.05 bits per heavy atom. The Labute approximate surface area is 110 Å². The second-order valence-electron chi connectivity index (χ2n) is 3.81. The minimum absolute atomic E-state index is 0.130. The van der Waals surface area contributed by atoms with E-state index in [1.54, 1.807) is 25.1 Å². The average molecular weight is 263 g/mol. The standard InChI is InChI=1S/C13H14FN3O2/c1-3-9-12(14)13(17-7-16-9)19-10-5-4-8(15)6-11(10)18-2/h4-7H,3,15H2,1-2H3. The van der Waals surface area contributed by atoms with Gasteiger partial charge in [-0.25, -0.2) is 4.98 Å². The third-order valence-electron chi connectivity index (χ3n) is 2.56. The van der Waals surface area contributed by atoms with Gasteiger partial charge in [0.05, 0.1) is 12.8 Å². The molecule has 0 spiro atoms. The summed E-state index contributed by atoms with van der Waals surface area (Å²) in [7, 11) is 1.48. The number of nitrogen functional groups attached to an aromatic ring is 1. The number of anilines is 1. The number of hydrogen-bond acceptors (Lipinski definition) is 5. The molecular weight excluding hydrogens is 249 g/mol. The van der Waals surface area contributed by atoms with E-state index in [1.165, 1.54) is 13.4 Å². The molecule has 0 aliphatic carbocycles. The first-order chi connectivity index (χ1) is 9.15. The summed E-state index contributed by atoms with van der Waals surface area (Å²) in [6, 6.07) is 4.83. The first kappa shape index (κ1) is 13.1. The molecule has 0 saturated carbocycles. The van der Waals surface area contributed by atoms with Gasteiger partial charge < -0.3 is 15.2 Å². The lowest BCUT2D eigenvalue weighted by Crippen LogP contribution is -2.00. The molecule has 0 bridgehead atoms. The van der Waals surface area contributed by atoms with Gasteiger partial charge in [0.15, 0.2) is 11.5 Å². The number of ether oxygens (including phenoxy) is 2. The molecular formula is C13H14FN3O2. The quantitative estimate of drug-likeness (QED) is 0.858. The van der Waals surface area contributed by atoms with Crippen LogP contribution >= 0.6 is 0 Å². The van der Waals surface area contributed by atoms with E-state index in [9.17, 15) is 4.39 Å². The summed E-state index contributed by atoms with van der Waals surface area (Å²) in [5, 5.41) is 0. The van der Waals surface area contributed by atoms with Gasteiger partial charge in [-0.15, -0.1) is 0 Å². The van der Waals surface area contributed by atoms with Gasteiger partial charge in [-0.2, -0.15) is 9.37 Å². The molecule has 0 aliphatic rings. The lowest BCUT2D eigenvalue weighted by Gasteiger charge is -2.11. The van der Waals surface area contributed by atoms with Crippen LogP contribution in [0.4, 0.5) is 10.1 Å². The maximum absolute atomic E-state index is 14.0. The Morgan fingerprint density at radius 3 is 2.74 bits per heavy atom. The first-order valence-corrected chi connectivity index (χ1v) is 5.76. The average Bonchev–Trinajstić information content (AvgIpc) is 2.42. The van der Waals surface area contributed by atoms with Gasteiger partial charge in [-0.1, -0.05) is 6.92 Å². The summed E-state index contributed by atoms with van der Waals surface area (Å²) >= 11 is 0. The minimum atomic E-state index is -0.566. The molecule has 5 nitrogen and oxygen atoms in total. The summed E-state index contributed by atoms with van der Waals surface area (Å²) in [5.74, 6) is 0.0613. The predicted octanol–water partition coefficient (Wildman–Crippen LogP) is 2.56. The van der Waals surface area contributed by atoms with Crippen molar-refractivity contribution in [2.75, 3.05) is 12.8 Å². The number of nitrogens with zero attached hydrogens (tertiary/aromatic N) is 2. The van der Waals surface area contributed by atoms with Crippen molar-refractivity contribution in [3.8, 4) is 17.4 Å². The topological polar surface area (TPSA) is 70.3 Å². The van der Waals surface area contributed by atoms with Crippen molar-refractivity contribution in [2.45, 2.75) is 13.3 Å². The zero-order valence-corrected chi connectivity index (χ0v) is 10.7. The summed E-state index contributed by atoms with van der Waals surface area (Å²) < 4.78 is 24.5. The van der Waals surface area contributed by atoms with Crippen LogP contribution in [0.25, 0.3) is 0 Å². The van der Waals surface area contributed by atoms with Crippen LogP contribution in [0, 0.1) is 5.82 Å². The third kappa shape index (κ3) is 2.73.